The summed E-state index contributed by atoms with van der Waals surface area (Å²) in [5.41, 5.74) is -0.808. The predicted octanol–water partition coefficient (Wildman–Crippen LogP) is -0.699. The van der Waals surface area contributed by atoms with Gasteiger partial charge in [0.25, 0.3) is 5.91 Å². The monoisotopic (exact) mass is 230 g/mol. The van der Waals surface area contributed by atoms with Crippen molar-refractivity contribution < 1.29 is 19.9 Å². The number of amides is 3. The number of nitrogens with one attached hydrogen (secondary N) is 1. The maximum Gasteiger partial charge on any atom is 0.325 e. The minimum Gasteiger partial charge on any atom is -0.380 e. The minimum atomic E-state index is -1.54. The normalized spacial score (nSPS) is 27.3. The third kappa shape index (κ3) is 2.16. The van der Waals surface area contributed by atoms with Gasteiger partial charge in [-0.15, -0.1) is 10.3 Å². The van der Waals surface area contributed by atoms with Crippen molar-refractivity contribution in [1.82, 2.24) is 15.3 Å². The molecule has 0 aromatic heterocycles. The van der Waals surface area contributed by atoms with E-state index < -0.39 is 29.7 Å². The van der Waals surface area contributed by atoms with Crippen molar-refractivity contribution in [1.29, 1.82) is 0 Å². The van der Waals surface area contributed by atoms with Crippen LogP contribution in [0.2, 0.25) is 0 Å². The molecular weight excluding hydrogens is 214 g/mol. The topological polar surface area (TPSA) is 92.8 Å². The van der Waals surface area contributed by atoms with Crippen LogP contribution in [0.4, 0.5) is 4.79 Å². The number of hydrogen-bond acceptors (Lipinski definition) is 4. The van der Waals surface area contributed by atoms with Crippen LogP contribution in [0.15, 0.2) is 0 Å². The van der Waals surface area contributed by atoms with Crippen LogP contribution in [0.5, 0.6) is 0 Å². The van der Waals surface area contributed by atoms with Crippen LogP contribution in [0.3, 0.4) is 0 Å². The first-order valence-electron chi connectivity index (χ1n) is 4.88. The van der Waals surface area contributed by atoms with E-state index in [4.69, 9.17) is 0 Å². The smallest absolute Gasteiger partial charge is 0.325 e. The molecule has 0 aromatic rings. The second kappa shape index (κ2) is 4.00. The van der Waals surface area contributed by atoms with Gasteiger partial charge in [-0.25, -0.2) is 4.79 Å². The molecule has 1 aliphatic rings. The number of rotatable bonds is 1. The second-order valence-corrected chi connectivity index (χ2v) is 4.76. The Bertz CT molecular complexity index is 292. The molecule has 0 saturated carbocycles. The zero-order valence-corrected chi connectivity index (χ0v) is 9.72. The van der Waals surface area contributed by atoms with Crippen LogP contribution in [-0.4, -0.2) is 51.9 Å². The first-order valence-corrected chi connectivity index (χ1v) is 4.88. The highest BCUT2D eigenvalue weighted by Crippen LogP contribution is 2.21. The summed E-state index contributed by atoms with van der Waals surface area (Å²) in [5, 5.41) is 24.0. The minimum absolute atomic E-state index is 0.550. The molecule has 1 aliphatic heterocycles. The average molecular weight is 230 g/mol. The Hall–Kier alpha value is -1.18. The quantitative estimate of drug-likeness (QED) is 0.582. The number of carbonyl (C=O) groups is 2. The number of aliphatic hydroxyl groups is 1. The zero-order chi connectivity index (χ0) is 12.7. The lowest BCUT2D eigenvalue weighted by molar-refractivity contribution is -0.278. The summed E-state index contributed by atoms with van der Waals surface area (Å²) in [6, 6.07) is -0.689. The molecule has 2 unspecified atom stereocenters. The lowest BCUT2D eigenvalue weighted by Gasteiger charge is -2.42. The number of urea groups is 1. The third-order valence-electron chi connectivity index (χ3n) is 2.40. The Kier molecular flexibility index (Phi) is 3.22. The number of carbonyl (C=O) groups excluding carboxylic acids is 2. The summed E-state index contributed by atoms with van der Waals surface area (Å²) >= 11 is 0. The summed E-state index contributed by atoms with van der Waals surface area (Å²) in [6.07, 6.45) is -2.74. The first-order chi connectivity index (χ1) is 7.16. The van der Waals surface area contributed by atoms with Crippen LogP contribution in [0.1, 0.15) is 20.8 Å². The second-order valence-electron chi connectivity index (χ2n) is 4.76. The molecule has 0 aromatic carbocycles. The number of hydroxylamine groups is 2. The molecule has 0 bridgehead atoms. The van der Waals surface area contributed by atoms with E-state index in [1.807, 2.05) is 5.32 Å². The first kappa shape index (κ1) is 12.9. The standard InChI is InChI=1S/C9H16N3O4/c1-9(2,3)12(16)7-5(13)6(14)10-8(15)11(7)4/h5,7,13H,1-4H3,(H,10,14,15). The van der Waals surface area contributed by atoms with Crippen LogP contribution >= 0.6 is 0 Å². The number of hydrogen-bond donors (Lipinski definition) is 2. The molecule has 3 amide bonds. The van der Waals surface area contributed by atoms with Gasteiger partial charge in [0.1, 0.15) is 6.17 Å². The highest BCUT2D eigenvalue weighted by atomic mass is 16.5. The van der Waals surface area contributed by atoms with Crippen molar-refractivity contribution >= 4 is 11.9 Å². The number of imide groups is 1. The molecule has 0 aliphatic carbocycles. The Morgan fingerprint density at radius 2 is 1.88 bits per heavy atom. The van der Waals surface area contributed by atoms with Crippen molar-refractivity contribution in [2.75, 3.05) is 7.05 Å². The lowest BCUT2D eigenvalue weighted by Crippen LogP contribution is -2.68. The highest BCUT2D eigenvalue weighted by molar-refractivity contribution is 5.99. The lowest BCUT2D eigenvalue weighted by atomic mass is 10.1. The van der Waals surface area contributed by atoms with Crippen LogP contribution in [0.25, 0.3) is 0 Å². The number of aliphatic hydroxyl groups excluding tert-OH is 1. The van der Waals surface area contributed by atoms with Gasteiger partial charge in [-0.3, -0.25) is 10.1 Å². The molecule has 16 heavy (non-hydrogen) atoms. The molecule has 1 radical (unpaired) electrons. The van der Waals surface area contributed by atoms with Crippen molar-refractivity contribution in [3.63, 3.8) is 0 Å². The van der Waals surface area contributed by atoms with E-state index >= 15 is 0 Å². The maximum absolute atomic E-state index is 11.9. The summed E-state index contributed by atoms with van der Waals surface area (Å²) in [7, 11) is 1.35. The van der Waals surface area contributed by atoms with Crippen molar-refractivity contribution in [2.45, 2.75) is 38.6 Å². The zero-order valence-electron chi connectivity index (χ0n) is 9.72. The van der Waals surface area contributed by atoms with Crippen LogP contribution in [0, 0.1) is 0 Å². The molecule has 1 fully saturated rings. The molecule has 91 valence electrons. The van der Waals surface area contributed by atoms with E-state index in [0.717, 1.165) is 4.90 Å². The summed E-state index contributed by atoms with van der Waals surface area (Å²) < 4.78 is 0. The predicted molar refractivity (Wildman–Crippen MR) is 53.4 cm³/mol. The fourth-order valence-corrected chi connectivity index (χ4v) is 1.42. The summed E-state index contributed by atoms with van der Waals surface area (Å²) in [4.78, 5) is 23.5. The van der Waals surface area contributed by atoms with Crippen molar-refractivity contribution in [3.05, 3.63) is 0 Å². The fourth-order valence-electron chi connectivity index (χ4n) is 1.42. The molecule has 2 atom stereocenters. The van der Waals surface area contributed by atoms with Gasteiger partial charge in [-0.2, -0.15) is 0 Å². The van der Waals surface area contributed by atoms with Crippen LogP contribution < -0.4 is 5.32 Å². The Balaban J connectivity index is 2.99. The highest BCUT2D eigenvalue weighted by Gasteiger charge is 2.45. The van der Waals surface area contributed by atoms with Gasteiger partial charge in [0.05, 0.1) is 0 Å². The van der Waals surface area contributed by atoms with E-state index in [2.05, 4.69) is 0 Å². The molecule has 1 saturated heterocycles. The Morgan fingerprint density at radius 1 is 1.38 bits per heavy atom. The molecule has 2 N–H and O–H groups in total. The maximum atomic E-state index is 11.9. The van der Waals surface area contributed by atoms with Gasteiger partial charge in [0, 0.05) is 12.6 Å². The van der Waals surface area contributed by atoms with Gasteiger partial charge in [0.2, 0.25) is 0 Å². The number of nitrogens with zero attached hydrogens (tertiary/aromatic N) is 2. The number of likely N-dealkylation sites (N-methyl/N-ethyl adjacent to an activating group) is 1. The average Bonchev–Trinajstić information content (AvgIpc) is 2.13. The van der Waals surface area contributed by atoms with Crippen molar-refractivity contribution in [2.24, 2.45) is 0 Å². The fraction of sp³-hybridized carbons (Fsp3) is 0.778. The van der Waals surface area contributed by atoms with Gasteiger partial charge in [-0.1, -0.05) is 0 Å². The molecular formula is C9H16N3O4. The van der Waals surface area contributed by atoms with Crippen LogP contribution in [-0.2, 0) is 10.0 Å². The largest absolute Gasteiger partial charge is 0.380 e. The third-order valence-corrected chi connectivity index (χ3v) is 2.40. The van der Waals surface area contributed by atoms with E-state index in [-0.39, 0.29) is 0 Å². The molecule has 1 rings (SSSR count). The molecule has 1 heterocycles. The molecule has 0 spiro atoms. The Labute approximate surface area is 93.6 Å². The molecule has 7 heteroatoms. The molecule has 7 nitrogen and oxygen atoms in total. The van der Waals surface area contributed by atoms with E-state index in [1.165, 1.54) is 7.05 Å². The van der Waals surface area contributed by atoms with E-state index in [9.17, 15) is 19.9 Å². The van der Waals surface area contributed by atoms with Crippen molar-refractivity contribution in [3.8, 4) is 0 Å². The van der Waals surface area contributed by atoms with Gasteiger partial charge in [-0.05, 0) is 20.8 Å². The van der Waals surface area contributed by atoms with Gasteiger partial charge < -0.3 is 10.0 Å². The summed E-state index contributed by atoms with van der Waals surface area (Å²) in [6.45, 7) is 4.91. The van der Waals surface area contributed by atoms with E-state index in [0.29, 0.717) is 5.06 Å². The SMILES string of the molecule is CN1C(=O)NC(=O)C(O)C1N([O])C(C)(C)C. The van der Waals surface area contributed by atoms with Gasteiger partial charge in [0.15, 0.2) is 6.10 Å². The van der Waals surface area contributed by atoms with Gasteiger partial charge >= 0.3 is 6.03 Å². The Morgan fingerprint density at radius 3 is 2.31 bits per heavy atom. The summed E-state index contributed by atoms with van der Waals surface area (Å²) in [5.74, 6) is -0.849. The van der Waals surface area contributed by atoms with E-state index in [1.54, 1.807) is 20.8 Å².